The first-order valence-corrected chi connectivity index (χ1v) is 8.97. The van der Waals surface area contributed by atoms with E-state index in [0.29, 0.717) is 11.3 Å². The normalized spacial score (nSPS) is 12.0. The number of aliphatic hydroxyl groups is 1. The summed E-state index contributed by atoms with van der Waals surface area (Å²) in [5, 5.41) is 11.2. The monoisotopic (exact) mass is 422 g/mol. The third kappa shape index (κ3) is 4.38. The summed E-state index contributed by atoms with van der Waals surface area (Å²) in [6.45, 7) is 1.42. The summed E-state index contributed by atoms with van der Waals surface area (Å²) in [5.41, 5.74) is -0.864. The average molecular weight is 423 g/mol. The van der Waals surface area contributed by atoms with Crippen LogP contribution in [0.3, 0.4) is 0 Å². The van der Waals surface area contributed by atoms with Gasteiger partial charge < -0.3 is 19.3 Å². The molecular formula is C20H17ClF2N2O4. The van der Waals surface area contributed by atoms with Gasteiger partial charge in [0.15, 0.2) is 0 Å². The van der Waals surface area contributed by atoms with Crippen LogP contribution in [0.2, 0.25) is 0 Å². The molecule has 6 nitrogen and oxygen atoms in total. The largest absolute Gasteiger partial charge is 0.392 e. The number of amides is 1. The van der Waals surface area contributed by atoms with Crippen LogP contribution in [0.5, 0.6) is 5.75 Å². The van der Waals surface area contributed by atoms with Gasteiger partial charge in [-0.25, -0.2) is 8.78 Å². The summed E-state index contributed by atoms with van der Waals surface area (Å²) in [7, 11) is 0. The minimum atomic E-state index is -0.934. The first-order chi connectivity index (χ1) is 13.8. The van der Waals surface area contributed by atoms with Crippen molar-refractivity contribution in [3.63, 3.8) is 0 Å². The lowest BCUT2D eigenvalue weighted by Gasteiger charge is -2.15. The SMILES string of the molecule is C[C@H](O)CNC(=O)c1cn(Cc2ccc(OCl)cc2)c2c(F)ccc(F)c2c1=O. The first-order valence-electron chi connectivity index (χ1n) is 8.66. The molecule has 0 saturated heterocycles. The molecule has 3 aromatic rings. The number of rotatable bonds is 6. The average Bonchev–Trinajstić information content (AvgIpc) is 2.70. The molecule has 1 amide bonds. The van der Waals surface area contributed by atoms with Crippen LogP contribution in [0.4, 0.5) is 8.78 Å². The molecule has 0 aliphatic rings. The molecule has 0 saturated carbocycles. The van der Waals surface area contributed by atoms with Crippen LogP contribution < -0.4 is 15.0 Å². The van der Waals surface area contributed by atoms with Crippen molar-refractivity contribution in [1.82, 2.24) is 9.88 Å². The Bertz CT molecular complexity index is 1110. The second-order valence-electron chi connectivity index (χ2n) is 6.53. The Labute approximate surface area is 169 Å². The zero-order chi connectivity index (χ0) is 21.1. The minimum absolute atomic E-state index is 0.0520. The van der Waals surface area contributed by atoms with Gasteiger partial charge in [0.25, 0.3) is 5.91 Å². The van der Waals surface area contributed by atoms with Crippen molar-refractivity contribution in [2.75, 3.05) is 6.54 Å². The van der Waals surface area contributed by atoms with Crippen molar-refractivity contribution in [3.05, 3.63) is 75.6 Å². The third-order valence-electron chi connectivity index (χ3n) is 4.29. The molecule has 0 unspecified atom stereocenters. The zero-order valence-corrected chi connectivity index (χ0v) is 16.0. The molecular weight excluding hydrogens is 406 g/mol. The van der Waals surface area contributed by atoms with Gasteiger partial charge in [0.2, 0.25) is 5.43 Å². The lowest BCUT2D eigenvalue weighted by atomic mass is 10.1. The number of carbonyl (C=O) groups excluding carboxylic acids is 1. The van der Waals surface area contributed by atoms with Gasteiger partial charge in [0.1, 0.15) is 34.8 Å². The van der Waals surface area contributed by atoms with Gasteiger partial charge in [-0.15, -0.1) is 0 Å². The molecule has 0 bridgehead atoms. The number of pyridine rings is 1. The maximum atomic E-state index is 14.5. The standard InChI is InChI=1S/C20H17ClF2N2O4/c1-11(26)8-24-20(28)14-10-25(9-12-2-4-13(29-21)5-3-12)18-16(23)7-6-15(22)17(18)19(14)27/h2-7,10-11,26H,8-9H2,1H3,(H,24,28)/t11-/m0/s1. The number of carbonyl (C=O) groups is 1. The van der Waals surface area contributed by atoms with Crippen molar-refractivity contribution in [1.29, 1.82) is 0 Å². The molecule has 1 atom stereocenters. The van der Waals surface area contributed by atoms with Crippen LogP contribution in [-0.4, -0.2) is 28.2 Å². The molecule has 0 fully saturated rings. The Balaban J connectivity index is 2.15. The molecule has 3 rings (SSSR count). The van der Waals surface area contributed by atoms with Crippen molar-refractivity contribution in [3.8, 4) is 5.75 Å². The van der Waals surface area contributed by atoms with Gasteiger partial charge in [0.05, 0.1) is 17.0 Å². The van der Waals surface area contributed by atoms with Crippen LogP contribution in [0.1, 0.15) is 22.8 Å². The number of nitrogens with zero attached hydrogens (tertiary/aromatic N) is 1. The molecule has 0 radical (unpaired) electrons. The van der Waals surface area contributed by atoms with Gasteiger partial charge in [-0.3, -0.25) is 9.59 Å². The van der Waals surface area contributed by atoms with E-state index in [4.69, 9.17) is 11.9 Å². The summed E-state index contributed by atoms with van der Waals surface area (Å²) >= 11 is 5.29. The molecule has 29 heavy (non-hydrogen) atoms. The van der Waals surface area contributed by atoms with Gasteiger partial charge >= 0.3 is 0 Å². The lowest BCUT2D eigenvalue weighted by Crippen LogP contribution is -2.34. The maximum absolute atomic E-state index is 14.5. The number of benzene rings is 2. The minimum Gasteiger partial charge on any atom is -0.392 e. The molecule has 0 spiro atoms. The molecule has 152 valence electrons. The molecule has 9 heteroatoms. The highest BCUT2D eigenvalue weighted by Crippen LogP contribution is 2.21. The van der Waals surface area contributed by atoms with Crippen molar-refractivity contribution >= 4 is 28.7 Å². The van der Waals surface area contributed by atoms with Crippen LogP contribution in [0.15, 0.2) is 47.4 Å². The second-order valence-corrected chi connectivity index (χ2v) is 6.69. The summed E-state index contributed by atoms with van der Waals surface area (Å²) in [6.07, 6.45) is 0.342. The number of aliphatic hydroxyl groups excluding tert-OH is 1. The number of nitrogens with one attached hydrogen (secondary N) is 1. The zero-order valence-electron chi connectivity index (χ0n) is 15.3. The summed E-state index contributed by atoms with van der Waals surface area (Å²) in [6, 6.07) is 8.25. The summed E-state index contributed by atoms with van der Waals surface area (Å²) in [4.78, 5) is 25.1. The van der Waals surface area contributed by atoms with Crippen molar-refractivity contribution in [2.45, 2.75) is 19.6 Å². The number of aromatic nitrogens is 1. The first kappa shape index (κ1) is 20.8. The maximum Gasteiger partial charge on any atom is 0.256 e. The van der Waals surface area contributed by atoms with Crippen molar-refractivity contribution < 1.29 is 23.0 Å². The Kier molecular flexibility index (Phi) is 6.14. The molecule has 2 N–H and O–H groups in total. The van der Waals surface area contributed by atoms with E-state index < -0.39 is 34.5 Å². The number of halogens is 3. The van der Waals surface area contributed by atoms with Crippen molar-refractivity contribution in [2.24, 2.45) is 0 Å². The van der Waals surface area contributed by atoms with E-state index >= 15 is 0 Å². The van der Waals surface area contributed by atoms with Crippen LogP contribution in [0.25, 0.3) is 10.9 Å². The Morgan fingerprint density at radius 1 is 1.21 bits per heavy atom. The quantitative estimate of drug-likeness (QED) is 0.640. The van der Waals surface area contributed by atoms with Crippen LogP contribution >= 0.6 is 11.9 Å². The van der Waals surface area contributed by atoms with E-state index in [2.05, 4.69) is 9.61 Å². The predicted molar refractivity (Wildman–Crippen MR) is 104 cm³/mol. The van der Waals surface area contributed by atoms with Gasteiger partial charge in [-0.1, -0.05) is 12.1 Å². The molecule has 1 aromatic heterocycles. The Hall–Kier alpha value is -2.97. The van der Waals surface area contributed by atoms with E-state index in [0.717, 1.165) is 12.1 Å². The van der Waals surface area contributed by atoms with Crippen LogP contribution in [-0.2, 0) is 6.54 Å². The number of hydrogen-bond acceptors (Lipinski definition) is 4. The predicted octanol–water partition coefficient (Wildman–Crippen LogP) is 2.97. The molecule has 1 heterocycles. The Morgan fingerprint density at radius 2 is 1.86 bits per heavy atom. The smallest absolute Gasteiger partial charge is 0.256 e. The van der Waals surface area contributed by atoms with E-state index in [1.165, 1.54) is 17.7 Å². The van der Waals surface area contributed by atoms with E-state index in [1.807, 2.05) is 0 Å². The molecule has 2 aromatic carbocycles. The molecule has 0 aliphatic carbocycles. The fourth-order valence-electron chi connectivity index (χ4n) is 2.92. The van der Waals surface area contributed by atoms with Crippen LogP contribution in [0, 0.1) is 11.6 Å². The fourth-order valence-corrected chi connectivity index (χ4v) is 3.02. The van der Waals surface area contributed by atoms with Gasteiger partial charge in [0, 0.05) is 19.3 Å². The highest BCUT2D eigenvalue weighted by atomic mass is 35.5. The van der Waals surface area contributed by atoms with Gasteiger partial charge in [-0.2, -0.15) is 0 Å². The Morgan fingerprint density at radius 3 is 2.48 bits per heavy atom. The van der Waals surface area contributed by atoms with E-state index in [-0.39, 0.29) is 24.2 Å². The molecule has 0 aliphatic heterocycles. The summed E-state index contributed by atoms with van der Waals surface area (Å²) in [5.74, 6) is -2.12. The number of fused-ring (bicyclic) bond motifs is 1. The van der Waals surface area contributed by atoms with E-state index in [1.54, 1.807) is 24.3 Å². The summed E-state index contributed by atoms with van der Waals surface area (Å²) < 4.78 is 34.8. The topological polar surface area (TPSA) is 80.6 Å². The highest BCUT2D eigenvalue weighted by Gasteiger charge is 2.20. The fraction of sp³-hybridized carbons (Fsp3) is 0.200. The second kappa shape index (κ2) is 8.59. The number of hydrogen-bond donors (Lipinski definition) is 2. The van der Waals surface area contributed by atoms with E-state index in [9.17, 15) is 23.5 Å². The third-order valence-corrected chi connectivity index (χ3v) is 4.47. The lowest BCUT2D eigenvalue weighted by molar-refractivity contribution is 0.0922. The highest BCUT2D eigenvalue weighted by molar-refractivity contribution is 6.09. The van der Waals surface area contributed by atoms with Gasteiger partial charge in [-0.05, 0) is 36.8 Å².